The Labute approximate surface area is 316 Å². The maximum atomic E-state index is 14.4. The van der Waals surface area contributed by atoms with Crippen LogP contribution >= 0.6 is 0 Å². The van der Waals surface area contributed by atoms with Gasteiger partial charge in [-0.05, 0) is 44.4 Å². The third-order valence-electron chi connectivity index (χ3n) is 10.3. The molecule has 2 aliphatic rings. The van der Waals surface area contributed by atoms with E-state index < -0.39 is 83.8 Å². The molecular weight excluding hydrogens is 682 g/mol. The van der Waals surface area contributed by atoms with E-state index in [9.17, 15) is 38.7 Å². The Bertz CT molecular complexity index is 1370. The zero-order chi connectivity index (χ0) is 40.5. The average Bonchev–Trinajstić information content (AvgIpc) is 3.63. The lowest BCUT2D eigenvalue weighted by Gasteiger charge is -2.38. The third kappa shape index (κ3) is 11.8. The number of hydrogen-bond acceptors (Lipinski definition) is 9. The van der Waals surface area contributed by atoms with E-state index in [2.05, 4.69) is 19.2 Å². The van der Waals surface area contributed by atoms with Crippen molar-refractivity contribution in [2.75, 3.05) is 20.6 Å². The van der Waals surface area contributed by atoms with E-state index in [4.69, 9.17) is 4.74 Å². The van der Waals surface area contributed by atoms with Gasteiger partial charge in [0.15, 0.2) is 0 Å². The number of aliphatic hydroxyl groups excluding tert-OH is 1. The maximum absolute atomic E-state index is 14.4. The van der Waals surface area contributed by atoms with Crippen molar-refractivity contribution in [3.63, 3.8) is 0 Å². The molecule has 9 atom stereocenters. The number of unbranched alkanes of at least 4 members (excludes halogenated alkanes) is 1. The number of nitrogens with zero attached hydrogens (tertiary/aromatic N) is 4. The molecule has 0 aromatic heterocycles. The lowest BCUT2D eigenvalue weighted by molar-refractivity contribution is -0.157. The van der Waals surface area contributed by atoms with Crippen LogP contribution in [-0.2, 0) is 38.3 Å². The minimum absolute atomic E-state index is 0.00605. The molecule has 0 unspecified atom stereocenters. The summed E-state index contributed by atoms with van der Waals surface area (Å²) in [5, 5.41) is 13.4. The van der Waals surface area contributed by atoms with Gasteiger partial charge in [0.05, 0.1) is 12.1 Å². The van der Waals surface area contributed by atoms with E-state index in [0.717, 1.165) is 24.2 Å². The van der Waals surface area contributed by atoms with Gasteiger partial charge in [-0.25, -0.2) is 0 Å². The number of aliphatic hydroxyl groups is 1. The quantitative estimate of drug-likeness (QED) is 0.158. The van der Waals surface area contributed by atoms with Crippen LogP contribution in [0.5, 0.6) is 0 Å². The largest absolute Gasteiger partial charge is 0.460 e. The number of carbonyl (C=O) groups excluding carboxylic acids is 7. The molecule has 0 radical (unpaired) electrons. The summed E-state index contributed by atoms with van der Waals surface area (Å²) in [7, 11) is 2.98. The number of esters is 1. The summed E-state index contributed by atoms with van der Waals surface area (Å²) in [6, 6.07) is -5.19. The number of nitrogens with one attached hydrogen (secondary N) is 1. The number of ether oxygens (including phenoxy) is 1. The molecule has 0 saturated carbocycles. The second-order valence-electron chi connectivity index (χ2n) is 16.0. The Morgan fingerprint density at radius 2 is 1.60 bits per heavy atom. The topological polar surface area (TPSA) is 174 Å². The number of carbonyl (C=O) groups is 7. The van der Waals surface area contributed by atoms with Crippen molar-refractivity contribution in [2.24, 2.45) is 23.7 Å². The number of likely N-dealkylation sites (tertiary alicyclic amines) is 1. The van der Waals surface area contributed by atoms with Crippen LogP contribution < -0.4 is 5.32 Å². The van der Waals surface area contributed by atoms with Crippen LogP contribution in [0.25, 0.3) is 0 Å². The number of amides is 6. The summed E-state index contributed by atoms with van der Waals surface area (Å²) in [6.45, 7) is 17.5. The molecule has 1 fully saturated rings. The Kier molecular flexibility index (Phi) is 17.1. The minimum Gasteiger partial charge on any atom is -0.460 e. The predicted molar refractivity (Wildman–Crippen MR) is 200 cm³/mol. The second-order valence-corrected chi connectivity index (χ2v) is 16.0. The fraction of sp³-hybridized carbons (Fsp3) is 0.769. The number of hydrogen-bond donors (Lipinski definition) is 2. The molecule has 0 bridgehead atoms. The van der Waals surface area contributed by atoms with E-state index in [1.807, 2.05) is 20.8 Å². The molecule has 2 heterocycles. The summed E-state index contributed by atoms with van der Waals surface area (Å²) in [5.41, 5.74) is 0. The number of imide groups is 1. The number of likely N-dealkylation sites (N-methyl/N-ethyl adjacent to an activating group) is 2. The average molecular weight is 748 g/mol. The molecular formula is C39H65N5O9. The fourth-order valence-electron chi connectivity index (χ4n) is 7.50. The first kappa shape index (κ1) is 45.3. The Balaban J connectivity index is 2.41. The van der Waals surface area contributed by atoms with Gasteiger partial charge >= 0.3 is 5.97 Å². The van der Waals surface area contributed by atoms with Gasteiger partial charge in [-0.2, -0.15) is 0 Å². The summed E-state index contributed by atoms with van der Waals surface area (Å²) in [5.74, 6) is -4.47. The van der Waals surface area contributed by atoms with Gasteiger partial charge in [-0.15, -0.1) is 0 Å². The van der Waals surface area contributed by atoms with Crippen LogP contribution in [0.15, 0.2) is 12.2 Å². The van der Waals surface area contributed by atoms with Crippen molar-refractivity contribution in [1.29, 1.82) is 0 Å². The lowest BCUT2D eigenvalue weighted by atomic mass is 9.91. The summed E-state index contributed by atoms with van der Waals surface area (Å²) in [4.78, 5) is 99.5. The van der Waals surface area contributed by atoms with Crippen molar-refractivity contribution in [3.05, 3.63) is 12.2 Å². The monoisotopic (exact) mass is 747 g/mol. The molecule has 1 saturated heterocycles. The van der Waals surface area contributed by atoms with Crippen LogP contribution in [0.4, 0.5) is 0 Å². The van der Waals surface area contributed by atoms with Crippen molar-refractivity contribution in [3.8, 4) is 0 Å². The van der Waals surface area contributed by atoms with Crippen LogP contribution in [0.2, 0.25) is 0 Å². The minimum atomic E-state index is -1.44. The molecule has 2 rings (SSSR count). The molecule has 0 aromatic carbocycles. The summed E-state index contributed by atoms with van der Waals surface area (Å²) >= 11 is 0. The molecule has 14 nitrogen and oxygen atoms in total. The molecule has 0 aliphatic carbocycles. The van der Waals surface area contributed by atoms with E-state index in [1.165, 1.54) is 41.7 Å². The Morgan fingerprint density at radius 1 is 0.981 bits per heavy atom. The number of rotatable bonds is 18. The first-order valence-corrected chi connectivity index (χ1v) is 19.2. The Morgan fingerprint density at radius 3 is 2.11 bits per heavy atom. The number of β-amino-alcohol motifs (C(OH)–C–C–N with tert-alkyl or cyclic N) is 1. The van der Waals surface area contributed by atoms with E-state index in [-0.39, 0.29) is 30.7 Å². The van der Waals surface area contributed by atoms with Gasteiger partial charge in [0.25, 0.3) is 11.8 Å². The zero-order valence-electron chi connectivity index (χ0n) is 34.0. The van der Waals surface area contributed by atoms with Crippen molar-refractivity contribution >= 4 is 41.4 Å². The van der Waals surface area contributed by atoms with Gasteiger partial charge in [0.1, 0.15) is 30.3 Å². The predicted octanol–water partition coefficient (Wildman–Crippen LogP) is 2.91. The van der Waals surface area contributed by atoms with Crippen molar-refractivity contribution in [2.45, 2.75) is 150 Å². The SMILES string of the molecule is CCCC[C@H](C)C[C@@H](C)C(=O)N(C)[C@@H](CC(C)C)C(=O)N[C@H](C(=O)N(C)[C@H](C(=O)N1C[C@@H](O)C[C@H]1C(=O)N1C(=O)C=C[C@H]1C)C(C)C)[C@H](C)OC(C)=O. The summed E-state index contributed by atoms with van der Waals surface area (Å²) < 4.78 is 5.41. The highest BCUT2D eigenvalue weighted by Gasteiger charge is 2.48. The fourth-order valence-corrected chi connectivity index (χ4v) is 7.50. The molecule has 14 heteroatoms. The van der Waals surface area contributed by atoms with Crippen molar-refractivity contribution < 1.29 is 43.4 Å². The maximum Gasteiger partial charge on any atom is 0.302 e. The second kappa shape index (κ2) is 20.0. The normalized spacial score (nSPS) is 21.9. The van der Waals surface area contributed by atoms with Gasteiger partial charge in [0.2, 0.25) is 23.6 Å². The zero-order valence-corrected chi connectivity index (χ0v) is 34.0. The van der Waals surface area contributed by atoms with Gasteiger partial charge < -0.3 is 29.9 Å². The highest BCUT2D eigenvalue weighted by molar-refractivity contribution is 6.06. The molecule has 2 N–H and O–H groups in total. The van der Waals surface area contributed by atoms with Crippen molar-refractivity contribution in [1.82, 2.24) is 24.9 Å². The van der Waals surface area contributed by atoms with Crippen LogP contribution in [0, 0.1) is 23.7 Å². The first-order valence-electron chi connectivity index (χ1n) is 19.2. The molecule has 2 aliphatic heterocycles. The Hall–Kier alpha value is -3.81. The van der Waals surface area contributed by atoms with E-state index in [1.54, 1.807) is 33.9 Å². The van der Waals surface area contributed by atoms with Crippen LogP contribution in [0.1, 0.15) is 108 Å². The molecule has 300 valence electrons. The standard InChI is InChI=1S/C39H65N5O9/c1-13-14-15-24(6)19-25(7)36(49)41(11)30(18-22(2)3)35(48)40-33(27(9)53-28(10)45)38(51)42(12)34(23(4)5)39(52)43-21-29(46)20-31(43)37(50)44-26(8)16-17-32(44)47/h16-17,22-27,29-31,33-34,46H,13-15,18-21H2,1-12H3,(H,40,48)/t24-,25+,26+,27-,29-,30-,31-,33-,34-/m0/s1. The molecule has 0 spiro atoms. The molecule has 6 amide bonds. The lowest BCUT2D eigenvalue weighted by Crippen LogP contribution is -2.62. The molecule has 0 aromatic rings. The highest BCUT2D eigenvalue weighted by atomic mass is 16.5. The van der Waals surface area contributed by atoms with E-state index >= 15 is 0 Å². The first-order chi connectivity index (χ1) is 24.6. The van der Waals surface area contributed by atoms with Gasteiger partial charge in [-0.1, -0.05) is 73.8 Å². The molecule has 53 heavy (non-hydrogen) atoms. The smallest absolute Gasteiger partial charge is 0.302 e. The van der Waals surface area contributed by atoms with Gasteiger partial charge in [0, 0.05) is 46.0 Å². The van der Waals surface area contributed by atoms with Gasteiger partial charge in [-0.3, -0.25) is 38.5 Å². The van der Waals surface area contributed by atoms with Crippen LogP contribution in [-0.4, -0.2) is 129 Å². The van der Waals surface area contributed by atoms with E-state index in [0.29, 0.717) is 18.8 Å². The summed E-state index contributed by atoms with van der Waals surface area (Å²) in [6.07, 6.45) is 4.71. The highest BCUT2D eigenvalue weighted by Crippen LogP contribution is 2.27. The van der Waals surface area contributed by atoms with Crippen LogP contribution in [0.3, 0.4) is 0 Å². The third-order valence-corrected chi connectivity index (χ3v) is 10.3.